The summed E-state index contributed by atoms with van der Waals surface area (Å²) >= 11 is 5.21. The average molecular weight is 690 g/mol. The molecule has 7 rings (SSSR count). The Morgan fingerprint density at radius 1 is 0.889 bits per heavy atom. The van der Waals surface area contributed by atoms with E-state index in [9.17, 15) is 29.4 Å². The number of imidazole rings is 2. The van der Waals surface area contributed by atoms with Crippen LogP contribution in [0, 0.1) is 0 Å². The van der Waals surface area contributed by atoms with E-state index in [1.54, 1.807) is 0 Å². The van der Waals surface area contributed by atoms with Crippen molar-refractivity contribution in [3.05, 3.63) is 29.3 Å². The first-order valence-electron chi connectivity index (χ1n) is 13.0. The van der Waals surface area contributed by atoms with Gasteiger partial charge in [-0.2, -0.15) is 4.98 Å². The molecule has 10 atom stereocenters. The van der Waals surface area contributed by atoms with Crippen LogP contribution in [-0.2, 0) is 43.9 Å². The van der Waals surface area contributed by atoms with E-state index in [4.69, 9.17) is 50.8 Å². The van der Waals surface area contributed by atoms with Crippen molar-refractivity contribution in [2.24, 2.45) is 0 Å². The molecule has 3 aliphatic heterocycles. The zero-order valence-corrected chi connectivity index (χ0v) is 25.0. The number of nitrogens with zero attached hydrogens (tertiary/aromatic N) is 7. The predicted molar refractivity (Wildman–Crippen MR) is 150 cm³/mol. The van der Waals surface area contributed by atoms with Gasteiger partial charge in [-0.25, -0.2) is 24.5 Å². The molecule has 4 aromatic heterocycles. The molecule has 25 heteroatoms. The average Bonchev–Trinajstić information content (AvgIpc) is 3.72. The molecule has 45 heavy (non-hydrogen) atoms. The Morgan fingerprint density at radius 3 is 2.36 bits per heavy atom. The van der Waals surface area contributed by atoms with Crippen molar-refractivity contribution < 1.29 is 52.1 Å². The highest BCUT2D eigenvalue weighted by Gasteiger charge is 2.53. The fourth-order valence-corrected chi connectivity index (χ4v) is 7.67. The minimum absolute atomic E-state index is 0.0608. The van der Waals surface area contributed by atoms with E-state index >= 15 is 0 Å². The molecule has 0 aromatic carbocycles. The summed E-state index contributed by atoms with van der Waals surface area (Å²) in [4.78, 5) is 56.5. The lowest BCUT2D eigenvalue weighted by atomic mass is 10.1. The predicted octanol–water partition coefficient (Wildman–Crippen LogP) is -2.23. The summed E-state index contributed by atoms with van der Waals surface area (Å²) in [6.07, 6.45) is -8.14. The lowest BCUT2D eigenvalue weighted by Crippen LogP contribution is -2.36. The quantitative estimate of drug-likeness (QED) is 0.109. The van der Waals surface area contributed by atoms with E-state index in [0.717, 1.165) is 6.33 Å². The summed E-state index contributed by atoms with van der Waals surface area (Å²) in [6.45, 7) is -5.66. The number of aromatic amines is 1. The molecule has 0 saturated carbocycles. The van der Waals surface area contributed by atoms with Crippen molar-refractivity contribution in [3.63, 3.8) is 0 Å². The van der Waals surface area contributed by atoms with Gasteiger partial charge in [0.1, 0.15) is 48.5 Å². The Hall–Kier alpha value is -3.02. The van der Waals surface area contributed by atoms with Gasteiger partial charge in [-0.05, 0) is 11.8 Å². The number of ether oxygens (including phenoxy) is 2. The van der Waals surface area contributed by atoms with Crippen LogP contribution in [0.1, 0.15) is 12.5 Å². The van der Waals surface area contributed by atoms with Crippen LogP contribution >= 0.6 is 14.5 Å². The molecule has 0 radical (unpaired) electrons. The molecule has 4 aromatic rings. The van der Waals surface area contributed by atoms with Crippen LogP contribution in [0.2, 0.25) is 0 Å². The van der Waals surface area contributed by atoms with Crippen LogP contribution in [-0.4, -0.2) is 109 Å². The lowest BCUT2D eigenvalue weighted by Gasteiger charge is -2.27. The monoisotopic (exact) mass is 690 g/mol. The van der Waals surface area contributed by atoms with Crippen molar-refractivity contribution in [3.8, 4) is 0 Å². The van der Waals surface area contributed by atoms with E-state index in [1.807, 2.05) is 0 Å². The maximum absolute atomic E-state index is 13.1. The van der Waals surface area contributed by atoms with Crippen LogP contribution in [0.3, 0.4) is 0 Å². The molecule has 242 valence electrons. The van der Waals surface area contributed by atoms with Gasteiger partial charge >= 0.3 is 14.5 Å². The van der Waals surface area contributed by atoms with Gasteiger partial charge in [0.25, 0.3) is 5.56 Å². The second kappa shape index (κ2) is 11.1. The Labute approximate surface area is 254 Å². The minimum atomic E-state index is -5.01. The fourth-order valence-electron chi connectivity index (χ4n) is 5.30. The molecule has 9 N–H and O–H groups in total. The van der Waals surface area contributed by atoms with E-state index in [0.29, 0.717) is 0 Å². The molecule has 2 unspecified atom stereocenters. The molecule has 3 aliphatic rings. The SMILES string of the molecule is Nc1nc2c(ncn2[C@@H]2O[C@@H]3COP(=O)(O)O[C@H]4[C@@H](O)[C@H](n5cnc6c(N)ncnc65)O[C@@H]4COP(O)(=S)O[C@@H]2[C@@H]3O)c(=O)[nH]1. The molecule has 0 spiro atoms. The summed E-state index contributed by atoms with van der Waals surface area (Å²) in [7, 11) is -5.01. The number of hydrogen-bond acceptors (Lipinski definition) is 18. The largest absolute Gasteiger partial charge is 0.472 e. The van der Waals surface area contributed by atoms with Gasteiger partial charge in [-0.1, -0.05) is 0 Å². The van der Waals surface area contributed by atoms with Gasteiger partial charge in [-0.3, -0.25) is 32.5 Å². The van der Waals surface area contributed by atoms with Gasteiger partial charge in [0, 0.05) is 0 Å². The van der Waals surface area contributed by atoms with Crippen molar-refractivity contribution in [1.29, 1.82) is 0 Å². The Morgan fingerprint density at radius 2 is 1.58 bits per heavy atom. The van der Waals surface area contributed by atoms with E-state index < -0.39 is 82.4 Å². The molecular weight excluding hydrogens is 666 g/mol. The van der Waals surface area contributed by atoms with E-state index in [2.05, 4.69) is 29.9 Å². The highest BCUT2D eigenvalue weighted by atomic mass is 32.5. The van der Waals surface area contributed by atoms with Gasteiger partial charge in [0.2, 0.25) is 5.95 Å². The topological polar surface area (TPSA) is 313 Å². The summed E-state index contributed by atoms with van der Waals surface area (Å²) in [5.41, 5.74) is 11.1. The zero-order valence-electron chi connectivity index (χ0n) is 22.4. The lowest BCUT2D eigenvalue weighted by molar-refractivity contribution is -0.0635. The number of aromatic nitrogens is 8. The van der Waals surface area contributed by atoms with Crippen LogP contribution in [0.15, 0.2) is 23.8 Å². The molecule has 2 bridgehead atoms. The zero-order chi connectivity index (χ0) is 31.8. The molecule has 3 saturated heterocycles. The third kappa shape index (κ3) is 5.44. The van der Waals surface area contributed by atoms with E-state index in [1.165, 1.54) is 21.8 Å². The van der Waals surface area contributed by atoms with Crippen LogP contribution in [0.4, 0.5) is 11.8 Å². The number of nitrogens with one attached hydrogen (secondary N) is 1. The molecular formula is C20H24N10O12P2S. The minimum Gasteiger partial charge on any atom is -0.387 e. The molecule has 0 amide bonds. The Kier molecular flexibility index (Phi) is 7.52. The van der Waals surface area contributed by atoms with Crippen LogP contribution in [0.5, 0.6) is 0 Å². The van der Waals surface area contributed by atoms with Gasteiger partial charge in [-0.15, -0.1) is 0 Å². The van der Waals surface area contributed by atoms with Crippen molar-refractivity contribution in [2.75, 3.05) is 24.7 Å². The number of nitrogen functional groups attached to an aromatic ring is 2. The van der Waals surface area contributed by atoms with Gasteiger partial charge < -0.3 is 45.5 Å². The maximum Gasteiger partial charge on any atom is 0.472 e. The number of fused-ring (bicyclic) bond motifs is 5. The second-order valence-electron chi connectivity index (χ2n) is 10.1. The summed E-state index contributed by atoms with van der Waals surface area (Å²) in [6, 6.07) is 0. The van der Waals surface area contributed by atoms with E-state index in [-0.39, 0.29) is 34.1 Å². The number of phosphoric ester groups is 1. The number of anilines is 2. The number of phosphoric acid groups is 1. The van der Waals surface area contributed by atoms with Gasteiger partial charge in [0.15, 0.2) is 35.1 Å². The normalized spacial score (nSPS) is 37.7. The molecule has 0 aliphatic carbocycles. The Bertz CT molecular complexity index is 1940. The molecule has 7 heterocycles. The van der Waals surface area contributed by atoms with Crippen molar-refractivity contribution in [1.82, 2.24) is 39.0 Å². The van der Waals surface area contributed by atoms with Crippen LogP contribution in [0.25, 0.3) is 22.3 Å². The number of hydrogen-bond donors (Lipinski definition) is 7. The number of aliphatic hydroxyl groups excluding tert-OH is 2. The summed E-state index contributed by atoms with van der Waals surface area (Å²) in [5, 5.41) is 22.3. The van der Waals surface area contributed by atoms with Crippen molar-refractivity contribution >= 4 is 60.4 Å². The maximum atomic E-state index is 13.1. The third-order valence-corrected chi connectivity index (χ3v) is 9.87. The highest BCUT2D eigenvalue weighted by molar-refractivity contribution is 8.07. The molecule has 22 nitrogen and oxygen atoms in total. The summed E-state index contributed by atoms with van der Waals surface area (Å²) < 4.78 is 49.1. The highest BCUT2D eigenvalue weighted by Crippen LogP contribution is 2.53. The number of nitrogens with two attached hydrogens (primary N) is 2. The number of H-pyrrole nitrogens is 1. The first-order chi connectivity index (χ1) is 21.3. The van der Waals surface area contributed by atoms with Gasteiger partial charge in [0.05, 0.1) is 25.9 Å². The smallest absolute Gasteiger partial charge is 0.387 e. The first-order valence-corrected chi connectivity index (χ1v) is 17.0. The fraction of sp³-hybridized carbons (Fsp3) is 0.500. The Balaban J connectivity index is 1.21. The molecule has 3 fully saturated rings. The van der Waals surface area contributed by atoms with Crippen LogP contribution < -0.4 is 17.0 Å². The summed E-state index contributed by atoms with van der Waals surface area (Å²) in [5.74, 6) is -0.181. The van der Waals surface area contributed by atoms with Crippen molar-refractivity contribution in [2.45, 2.75) is 49.1 Å². The number of aliphatic hydroxyl groups is 2. The first kappa shape index (κ1) is 30.6. The third-order valence-electron chi connectivity index (χ3n) is 7.32. The number of rotatable bonds is 2. The standard InChI is InChI=1S/C20H24N10O12P2S/c21-14-8-15(24-3-23-14)29(4-25-8)18-11(32)12-7(40-18)2-38-44(36,45)42-13-10(31)6(1-37-43(34,35)41-12)39-19(13)30-5-26-9-16(30)27-20(22)28-17(9)33/h3-7,10-13,18-19,31-32H,1-2H2,(H,34,35)(H,36,45)(H2,21,23,24)(H3,22,27,28,33)/t6-,7-,10-,11-,12-,13-,18-,19-,44?/m1/s1. The second-order valence-corrected chi connectivity index (χ2v) is 14.3.